The summed E-state index contributed by atoms with van der Waals surface area (Å²) in [6, 6.07) is 8.98. The van der Waals surface area contributed by atoms with Crippen LogP contribution in [0.15, 0.2) is 42.7 Å². The first-order chi connectivity index (χ1) is 12.0. The molecule has 3 rings (SSSR count). The maximum atomic E-state index is 12.1. The lowest BCUT2D eigenvalue weighted by Gasteiger charge is -2.08. The number of urea groups is 1. The van der Waals surface area contributed by atoms with Crippen LogP contribution < -0.4 is 10.6 Å². The van der Waals surface area contributed by atoms with Gasteiger partial charge in [0.25, 0.3) is 0 Å². The molecular weight excluding hydrogens is 356 g/mol. The summed E-state index contributed by atoms with van der Waals surface area (Å²) in [7, 11) is 0. The standard InChI is InChI=1S/C18H17ClN4OS/c1-11-5-6-14(8-15(11)19)23-18(24)21-10-16-12(2)22-17(25-16)13-4-3-7-20-9-13/h3-9H,10H2,1-2H3,(H2,21,23,24). The minimum absolute atomic E-state index is 0.282. The zero-order valence-corrected chi connectivity index (χ0v) is 15.4. The van der Waals surface area contributed by atoms with Crippen molar-refractivity contribution in [3.05, 3.63) is 63.9 Å². The van der Waals surface area contributed by atoms with Crippen molar-refractivity contribution in [2.24, 2.45) is 0 Å². The van der Waals surface area contributed by atoms with Crippen molar-refractivity contribution >= 4 is 34.7 Å². The lowest BCUT2D eigenvalue weighted by molar-refractivity contribution is 0.252. The highest BCUT2D eigenvalue weighted by atomic mass is 35.5. The molecule has 0 saturated heterocycles. The number of nitrogens with zero attached hydrogens (tertiary/aromatic N) is 2. The average molecular weight is 373 g/mol. The summed E-state index contributed by atoms with van der Waals surface area (Å²) in [5, 5.41) is 7.15. The fourth-order valence-electron chi connectivity index (χ4n) is 2.21. The number of benzene rings is 1. The number of hydrogen-bond donors (Lipinski definition) is 2. The second-order valence-electron chi connectivity index (χ2n) is 5.54. The van der Waals surface area contributed by atoms with E-state index < -0.39 is 0 Å². The summed E-state index contributed by atoms with van der Waals surface area (Å²) in [4.78, 5) is 21.8. The third kappa shape index (κ3) is 4.35. The lowest BCUT2D eigenvalue weighted by Crippen LogP contribution is -2.28. The van der Waals surface area contributed by atoms with E-state index in [1.54, 1.807) is 29.8 Å². The van der Waals surface area contributed by atoms with Crippen molar-refractivity contribution in [3.63, 3.8) is 0 Å². The van der Waals surface area contributed by atoms with E-state index in [9.17, 15) is 4.79 Å². The number of aromatic nitrogens is 2. The van der Waals surface area contributed by atoms with E-state index in [2.05, 4.69) is 20.6 Å². The number of carbonyl (C=O) groups excluding carboxylic acids is 1. The molecule has 0 aliphatic carbocycles. The van der Waals surface area contributed by atoms with Crippen LogP contribution in [0.5, 0.6) is 0 Å². The molecule has 25 heavy (non-hydrogen) atoms. The van der Waals surface area contributed by atoms with E-state index >= 15 is 0 Å². The van der Waals surface area contributed by atoms with Gasteiger partial charge in [-0.1, -0.05) is 17.7 Å². The van der Waals surface area contributed by atoms with Gasteiger partial charge < -0.3 is 10.6 Å². The van der Waals surface area contributed by atoms with Crippen molar-refractivity contribution in [2.45, 2.75) is 20.4 Å². The van der Waals surface area contributed by atoms with Crippen molar-refractivity contribution in [1.29, 1.82) is 0 Å². The summed E-state index contributed by atoms with van der Waals surface area (Å²) >= 11 is 7.62. The van der Waals surface area contributed by atoms with Crippen LogP contribution in [0.1, 0.15) is 16.1 Å². The number of nitrogens with one attached hydrogen (secondary N) is 2. The molecule has 2 aromatic heterocycles. The quantitative estimate of drug-likeness (QED) is 0.691. The summed E-state index contributed by atoms with van der Waals surface area (Å²) < 4.78 is 0. The maximum Gasteiger partial charge on any atom is 0.319 e. The second kappa shape index (κ2) is 7.63. The molecule has 2 heterocycles. The van der Waals surface area contributed by atoms with Crippen molar-refractivity contribution in [3.8, 4) is 10.6 Å². The van der Waals surface area contributed by atoms with Crippen LogP contribution in [0.3, 0.4) is 0 Å². The zero-order valence-electron chi connectivity index (χ0n) is 13.8. The lowest BCUT2D eigenvalue weighted by atomic mass is 10.2. The van der Waals surface area contributed by atoms with E-state index in [0.29, 0.717) is 17.3 Å². The van der Waals surface area contributed by atoms with Crippen LogP contribution in [0.2, 0.25) is 5.02 Å². The number of aryl methyl sites for hydroxylation is 2. The Labute approximate surface area is 155 Å². The molecule has 1 aromatic carbocycles. The first kappa shape index (κ1) is 17.4. The molecule has 0 fully saturated rings. The van der Waals surface area contributed by atoms with Crippen molar-refractivity contribution < 1.29 is 4.79 Å². The number of hydrogen-bond acceptors (Lipinski definition) is 4. The number of halogens is 1. The van der Waals surface area contributed by atoms with Gasteiger partial charge in [-0.25, -0.2) is 9.78 Å². The highest BCUT2D eigenvalue weighted by molar-refractivity contribution is 7.15. The third-order valence-corrected chi connectivity index (χ3v) is 5.25. The summed E-state index contributed by atoms with van der Waals surface area (Å²) in [6.45, 7) is 4.26. The molecule has 0 aliphatic rings. The first-order valence-electron chi connectivity index (χ1n) is 7.70. The zero-order chi connectivity index (χ0) is 17.8. The van der Waals surface area contributed by atoms with Crippen LogP contribution in [0.25, 0.3) is 10.6 Å². The highest BCUT2D eigenvalue weighted by Crippen LogP contribution is 2.27. The minimum Gasteiger partial charge on any atom is -0.333 e. The normalized spacial score (nSPS) is 10.5. The number of pyridine rings is 1. The molecule has 0 atom stereocenters. The van der Waals surface area contributed by atoms with Crippen LogP contribution in [-0.2, 0) is 6.54 Å². The number of amides is 2. The predicted octanol–water partition coefficient (Wildman–Crippen LogP) is 4.80. The van der Waals surface area contributed by atoms with Crippen LogP contribution in [0, 0.1) is 13.8 Å². The molecule has 2 N–H and O–H groups in total. The van der Waals surface area contributed by atoms with E-state index in [4.69, 9.17) is 11.6 Å². The van der Waals surface area contributed by atoms with E-state index in [1.807, 2.05) is 38.1 Å². The van der Waals surface area contributed by atoms with Gasteiger partial charge in [0, 0.05) is 33.5 Å². The van der Waals surface area contributed by atoms with Gasteiger partial charge >= 0.3 is 6.03 Å². The first-order valence-corrected chi connectivity index (χ1v) is 8.90. The molecule has 0 radical (unpaired) electrons. The molecule has 7 heteroatoms. The number of anilines is 1. The fraction of sp³-hybridized carbons (Fsp3) is 0.167. The molecule has 5 nitrogen and oxygen atoms in total. The number of rotatable bonds is 4. The van der Waals surface area contributed by atoms with Crippen LogP contribution in [0.4, 0.5) is 10.5 Å². The fourth-order valence-corrected chi connectivity index (χ4v) is 3.38. The Morgan fingerprint density at radius 3 is 2.84 bits per heavy atom. The van der Waals surface area contributed by atoms with Gasteiger partial charge in [0.2, 0.25) is 0 Å². The Morgan fingerprint density at radius 1 is 1.28 bits per heavy atom. The third-order valence-electron chi connectivity index (χ3n) is 3.64. The molecule has 0 spiro atoms. The van der Waals surface area contributed by atoms with Gasteiger partial charge in [0.05, 0.1) is 12.2 Å². The Bertz CT molecular complexity index is 895. The van der Waals surface area contributed by atoms with E-state index in [0.717, 1.165) is 26.7 Å². The summed E-state index contributed by atoms with van der Waals surface area (Å²) in [6.07, 6.45) is 3.51. The average Bonchev–Trinajstić information content (AvgIpc) is 2.98. The van der Waals surface area contributed by atoms with Gasteiger partial charge in [0.1, 0.15) is 5.01 Å². The molecule has 2 amide bonds. The Hall–Kier alpha value is -2.44. The monoisotopic (exact) mass is 372 g/mol. The van der Waals surface area contributed by atoms with Gasteiger partial charge in [0.15, 0.2) is 0 Å². The van der Waals surface area contributed by atoms with Crippen LogP contribution in [-0.4, -0.2) is 16.0 Å². The highest BCUT2D eigenvalue weighted by Gasteiger charge is 2.11. The summed E-state index contributed by atoms with van der Waals surface area (Å²) in [5.41, 5.74) is 3.50. The van der Waals surface area contributed by atoms with Gasteiger partial charge in [-0.3, -0.25) is 4.98 Å². The van der Waals surface area contributed by atoms with Crippen molar-refractivity contribution in [2.75, 3.05) is 5.32 Å². The molecule has 0 saturated carbocycles. The Kier molecular flexibility index (Phi) is 5.31. The Morgan fingerprint density at radius 2 is 2.12 bits per heavy atom. The minimum atomic E-state index is -0.282. The molecule has 3 aromatic rings. The van der Waals surface area contributed by atoms with E-state index in [-0.39, 0.29) is 6.03 Å². The maximum absolute atomic E-state index is 12.1. The SMILES string of the molecule is Cc1ccc(NC(=O)NCc2sc(-c3cccnc3)nc2C)cc1Cl. The second-order valence-corrected chi connectivity index (χ2v) is 7.03. The molecule has 0 bridgehead atoms. The number of thiazole rings is 1. The Balaban J connectivity index is 1.62. The predicted molar refractivity (Wildman–Crippen MR) is 102 cm³/mol. The van der Waals surface area contributed by atoms with Gasteiger partial charge in [-0.15, -0.1) is 11.3 Å². The van der Waals surface area contributed by atoms with Gasteiger partial charge in [-0.05, 0) is 43.7 Å². The smallest absolute Gasteiger partial charge is 0.319 e. The summed E-state index contributed by atoms with van der Waals surface area (Å²) in [5.74, 6) is 0. The van der Waals surface area contributed by atoms with Gasteiger partial charge in [-0.2, -0.15) is 0 Å². The topological polar surface area (TPSA) is 66.9 Å². The molecular formula is C18H17ClN4OS. The van der Waals surface area contributed by atoms with E-state index in [1.165, 1.54) is 0 Å². The largest absolute Gasteiger partial charge is 0.333 e. The molecule has 0 aliphatic heterocycles. The van der Waals surface area contributed by atoms with Crippen molar-refractivity contribution in [1.82, 2.24) is 15.3 Å². The molecule has 128 valence electrons. The molecule has 0 unspecified atom stereocenters. The van der Waals surface area contributed by atoms with Crippen LogP contribution >= 0.6 is 22.9 Å². The number of carbonyl (C=O) groups is 1.